The van der Waals surface area contributed by atoms with E-state index in [2.05, 4.69) is 99.9 Å². The van der Waals surface area contributed by atoms with E-state index in [9.17, 15) is 0 Å². The minimum Gasteiger partial charge on any atom is -0.437 e. The first-order chi connectivity index (χ1) is 15.6. The van der Waals surface area contributed by atoms with Crippen LogP contribution in [0, 0.1) is 0 Å². The van der Waals surface area contributed by atoms with Gasteiger partial charge in [-0.05, 0) is 88.2 Å². The van der Waals surface area contributed by atoms with Crippen molar-refractivity contribution in [2.24, 2.45) is 0 Å². The van der Waals surface area contributed by atoms with Gasteiger partial charge in [0.1, 0.15) is 0 Å². The monoisotopic (exact) mass is 540 g/mol. The lowest BCUT2D eigenvalue weighted by atomic mass is 10.1. The van der Waals surface area contributed by atoms with Crippen molar-refractivity contribution in [1.82, 2.24) is 0 Å². The number of aryl methyl sites for hydroxylation is 2. The van der Waals surface area contributed by atoms with Crippen LogP contribution in [0.5, 0.6) is 0 Å². The maximum absolute atomic E-state index is 7.00. The van der Waals surface area contributed by atoms with Crippen LogP contribution in [0.4, 0.5) is 0 Å². The fourth-order valence-corrected chi connectivity index (χ4v) is 18.2. The lowest BCUT2D eigenvalue weighted by Crippen LogP contribution is -2.52. The highest BCUT2D eigenvalue weighted by molar-refractivity contribution is 6.87. The number of aliphatic hydroxyl groups is 2. The maximum atomic E-state index is 7.00. The molecule has 0 spiro atoms. The van der Waals surface area contributed by atoms with Gasteiger partial charge in [0, 0.05) is 14.2 Å². The Morgan fingerprint density at radius 2 is 0.829 bits per heavy atom. The fourth-order valence-electron chi connectivity index (χ4n) is 4.18. The Bertz CT molecular complexity index is 662. The van der Waals surface area contributed by atoms with Crippen LogP contribution in [-0.4, -0.2) is 49.6 Å². The highest BCUT2D eigenvalue weighted by Gasteiger charge is 2.39. The normalized spacial score (nSPS) is 11.0. The molecule has 2 aromatic rings. The van der Waals surface area contributed by atoms with Crippen molar-refractivity contribution in [2.75, 3.05) is 14.2 Å². The third kappa shape index (κ3) is 18.8. The topological polar surface area (TPSA) is 58.9 Å². The summed E-state index contributed by atoms with van der Waals surface area (Å²) in [7, 11) is -3.54. The second-order valence-corrected chi connectivity index (χ2v) is 22.3. The zero-order chi connectivity index (χ0) is 25.4. The van der Waals surface area contributed by atoms with E-state index >= 15 is 0 Å². The Morgan fingerprint density at radius 3 is 1.11 bits per heavy atom. The van der Waals surface area contributed by atoms with Crippen molar-refractivity contribution in [3.05, 3.63) is 71.8 Å². The molecular weight excluding hydrogens is 485 g/mol. The number of aliphatic hydroxyl groups excluding tert-OH is 2. The molecule has 0 aromatic heterocycles. The van der Waals surface area contributed by atoms with Crippen LogP contribution in [-0.2, 0) is 21.1 Å². The van der Waals surface area contributed by atoms with E-state index in [4.69, 9.17) is 18.4 Å². The number of benzene rings is 2. The molecule has 0 aliphatic rings. The predicted molar refractivity (Wildman–Crippen MR) is 164 cm³/mol. The molecule has 0 heterocycles. The van der Waals surface area contributed by atoms with E-state index < -0.39 is 25.2 Å². The van der Waals surface area contributed by atoms with Crippen molar-refractivity contribution in [3.63, 3.8) is 0 Å². The Balaban J connectivity index is -0.00000162. The van der Waals surface area contributed by atoms with E-state index in [1.165, 1.54) is 36.1 Å². The summed E-state index contributed by atoms with van der Waals surface area (Å²) in [6.07, 6.45) is 4.68. The highest BCUT2D eigenvalue weighted by atomic mass is 28.5. The summed E-state index contributed by atoms with van der Waals surface area (Å²) in [5.74, 6) is 0. The summed E-state index contributed by atoms with van der Waals surface area (Å²) < 4.78 is 13.5. The van der Waals surface area contributed by atoms with Crippen molar-refractivity contribution >= 4 is 25.2 Å². The van der Waals surface area contributed by atoms with Gasteiger partial charge in [0.25, 0.3) is 0 Å². The fraction of sp³-hybridized carbons (Fsp3) is 0.571. The molecule has 0 saturated carbocycles. The Hall–Kier alpha value is -1.07. The van der Waals surface area contributed by atoms with Gasteiger partial charge in [-0.15, -0.1) is 0 Å². The third-order valence-electron chi connectivity index (χ3n) is 5.22. The molecule has 0 saturated heterocycles. The molecule has 0 unspecified atom stereocenters. The van der Waals surface area contributed by atoms with Crippen molar-refractivity contribution in [3.8, 4) is 0 Å². The van der Waals surface area contributed by atoms with Crippen molar-refractivity contribution in [2.45, 2.75) is 91.9 Å². The molecule has 35 heavy (non-hydrogen) atoms. The van der Waals surface area contributed by atoms with Crippen LogP contribution in [0.2, 0.25) is 51.4 Å². The number of hydrogen-bond acceptors (Lipinski definition) is 4. The quantitative estimate of drug-likeness (QED) is 0.269. The third-order valence-corrected chi connectivity index (χ3v) is 16.7. The molecular formula is C28H56O4Si3. The van der Waals surface area contributed by atoms with E-state index in [1.54, 1.807) is 0 Å². The summed E-state index contributed by atoms with van der Waals surface area (Å²) in [6.45, 7) is 14.0. The van der Waals surface area contributed by atoms with Crippen LogP contribution < -0.4 is 0 Å². The Labute approximate surface area is 221 Å². The average molecular weight is 541 g/mol. The Morgan fingerprint density at radius 1 is 0.543 bits per heavy atom. The first-order valence-corrected chi connectivity index (χ1v) is 21.0. The van der Waals surface area contributed by atoms with Gasteiger partial charge in [-0.3, -0.25) is 0 Å². The van der Waals surface area contributed by atoms with Crippen LogP contribution in [0.15, 0.2) is 60.7 Å². The molecule has 2 aromatic carbocycles. The molecule has 204 valence electrons. The maximum Gasteiger partial charge on any atom is 0.311 e. The lowest BCUT2D eigenvalue weighted by molar-refractivity contribution is 0.387. The van der Waals surface area contributed by atoms with Crippen LogP contribution >= 0.6 is 0 Å². The summed E-state index contributed by atoms with van der Waals surface area (Å²) in [5.41, 5.74) is 2.86. The van der Waals surface area contributed by atoms with E-state index in [0.717, 1.165) is 27.1 Å². The first-order valence-electron chi connectivity index (χ1n) is 11.9. The van der Waals surface area contributed by atoms with Gasteiger partial charge in [0.2, 0.25) is 0 Å². The minimum atomic E-state index is -2.11. The van der Waals surface area contributed by atoms with Gasteiger partial charge in [0.05, 0.1) is 0 Å². The lowest BCUT2D eigenvalue weighted by Gasteiger charge is -2.39. The standard InChI is InChI=1S/C24H40O2Si3.2CH4O.2CH4/c1-27(2,21-13-19-23-15-9-7-10-16-23)25-29(5,6)26-28(3,4)22-14-20-24-17-11-8-12-18-24;2*1-2;;/h7-12,15-18H,13-14,19-22H2,1-6H3;2*2H,1H3;2*1H4. The SMILES string of the molecule is C.C.CO.CO.C[Si](C)(CCCc1ccccc1)O[Si](C)(C)O[Si](C)(C)CCCc1ccccc1. The van der Waals surface area contributed by atoms with Gasteiger partial charge in [-0.1, -0.05) is 75.5 Å². The molecule has 0 radical (unpaired) electrons. The van der Waals surface area contributed by atoms with Gasteiger partial charge >= 0.3 is 8.56 Å². The van der Waals surface area contributed by atoms with Gasteiger partial charge in [0.15, 0.2) is 16.6 Å². The smallest absolute Gasteiger partial charge is 0.311 e. The van der Waals surface area contributed by atoms with E-state index in [1.807, 2.05) is 0 Å². The van der Waals surface area contributed by atoms with Gasteiger partial charge < -0.3 is 18.4 Å². The zero-order valence-electron chi connectivity index (χ0n) is 22.2. The molecule has 0 aliphatic carbocycles. The molecule has 0 bridgehead atoms. The van der Waals surface area contributed by atoms with Gasteiger partial charge in [-0.25, -0.2) is 0 Å². The van der Waals surface area contributed by atoms with Crippen molar-refractivity contribution in [1.29, 1.82) is 0 Å². The predicted octanol–water partition coefficient (Wildman–Crippen LogP) is 7.89. The molecule has 0 amide bonds. The molecule has 0 fully saturated rings. The molecule has 0 atom stereocenters. The summed E-state index contributed by atoms with van der Waals surface area (Å²) in [4.78, 5) is 0. The summed E-state index contributed by atoms with van der Waals surface area (Å²) in [6, 6.07) is 24.0. The Kier molecular flexibility index (Phi) is 22.0. The van der Waals surface area contributed by atoms with Crippen molar-refractivity contribution < 1.29 is 18.4 Å². The second kappa shape index (κ2) is 20.0. The molecule has 4 nitrogen and oxygen atoms in total. The minimum absolute atomic E-state index is 0. The van der Waals surface area contributed by atoms with E-state index in [0.29, 0.717) is 0 Å². The summed E-state index contributed by atoms with van der Waals surface area (Å²) in [5, 5.41) is 14.0. The summed E-state index contributed by atoms with van der Waals surface area (Å²) >= 11 is 0. The second-order valence-electron chi connectivity index (χ2n) is 9.80. The zero-order valence-corrected chi connectivity index (χ0v) is 25.2. The van der Waals surface area contributed by atoms with Crippen LogP contribution in [0.25, 0.3) is 0 Å². The molecule has 2 rings (SSSR count). The highest BCUT2D eigenvalue weighted by Crippen LogP contribution is 2.27. The van der Waals surface area contributed by atoms with Gasteiger partial charge in [-0.2, -0.15) is 0 Å². The number of rotatable bonds is 12. The first kappa shape index (κ1) is 38.5. The van der Waals surface area contributed by atoms with Crippen LogP contribution in [0.3, 0.4) is 0 Å². The average Bonchev–Trinajstić information content (AvgIpc) is 2.76. The van der Waals surface area contributed by atoms with Crippen LogP contribution in [0.1, 0.15) is 38.8 Å². The molecule has 0 aliphatic heterocycles. The molecule has 2 N–H and O–H groups in total. The van der Waals surface area contributed by atoms with E-state index in [-0.39, 0.29) is 14.9 Å². The number of hydrogen-bond donors (Lipinski definition) is 2. The molecule has 7 heteroatoms. The largest absolute Gasteiger partial charge is 0.437 e.